The molecule has 1 N–H and O–H groups in total. The van der Waals surface area contributed by atoms with E-state index in [4.69, 9.17) is 4.42 Å². The number of aromatic nitrogens is 1. The smallest absolute Gasteiger partial charge is 0.302 e. The Hall–Kier alpha value is -1.88. The summed E-state index contributed by atoms with van der Waals surface area (Å²) < 4.78 is 18.8. The lowest BCUT2D eigenvalue weighted by atomic mass is 10.2. The number of halogens is 1. The van der Waals surface area contributed by atoms with E-state index >= 15 is 0 Å². The summed E-state index contributed by atoms with van der Waals surface area (Å²) in [6.07, 6.45) is 2.54. The number of oxazole rings is 1. The first-order valence-corrected chi connectivity index (χ1v) is 6.49. The van der Waals surface area contributed by atoms with Gasteiger partial charge in [-0.3, -0.25) is 4.90 Å². The number of benzene rings is 1. The van der Waals surface area contributed by atoms with Gasteiger partial charge in [-0.1, -0.05) is 13.0 Å². The first-order chi connectivity index (χ1) is 9.28. The molecule has 1 aliphatic rings. The maximum atomic E-state index is 13.3. The molecule has 0 spiro atoms. The zero-order valence-corrected chi connectivity index (χ0v) is 10.8. The zero-order valence-electron chi connectivity index (χ0n) is 10.8. The largest absolute Gasteiger partial charge is 0.431 e. The normalized spacial score (nSPS) is 13.9. The van der Waals surface area contributed by atoms with E-state index in [1.54, 1.807) is 6.26 Å². The summed E-state index contributed by atoms with van der Waals surface area (Å²) in [5.41, 5.74) is 2.85. The predicted molar refractivity (Wildman–Crippen MR) is 71.0 cm³/mol. The fourth-order valence-electron chi connectivity index (χ4n) is 2.31. The van der Waals surface area contributed by atoms with E-state index in [-0.39, 0.29) is 5.82 Å². The average molecular weight is 261 g/mol. The van der Waals surface area contributed by atoms with Crippen LogP contribution in [0.4, 0.5) is 16.1 Å². The van der Waals surface area contributed by atoms with Crippen molar-refractivity contribution in [1.82, 2.24) is 10.3 Å². The van der Waals surface area contributed by atoms with Crippen molar-refractivity contribution in [2.75, 3.05) is 18.0 Å². The van der Waals surface area contributed by atoms with Gasteiger partial charge in [-0.25, -0.2) is 4.39 Å². The van der Waals surface area contributed by atoms with E-state index < -0.39 is 0 Å². The van der Waals surface area contributed by atoms with Crippen molar-refractivity contribution in [3.05, 3.63) is 41.5 Å². The van der Waals surface area contributed by atoms with Gasteiger partial charge >= 0.3 is 6.01 Å². The number of anilines is 2. The zero-order chi connectivity index (χ0) is 13.2. The minimum atomic E-state index is -0.231. The Balaban J connectivity index is 1.85. The van der Waals surface area contributed by atoms with Crippen LogP contribution in [0.25, 0.3) is 0 Å². The highest BCUT2D eigenvalue weighted by Gasteiger charge is 2.24. The molecule has 3 rings (SSSR count). The topological polar surface area (TPSA) is 41.3 Å². The maximum absolute atomic E-state index is 13.3. The first kappa shape index (κ1) is 12.2. The molecular weight excluding hydrogens is 245 g/mol. The molecule has 0 saturated carbocycles. The lowest BCUT2D eigenvalue weighted by molar-refractivity contribution is 0.553. The van der Waals surface area contributed by atoms with E-state index in [2.05, 4.69) is 10.3 Å². The number of rotatable bonds is 4. The highest BCUT2D eigenvalue weighted by atomic mass is 19.1. The predicted octanol–water partition coefficient (Wildman–Crippen LogP) is 2.62. The van der Waals surface area contributed by atoms with Gasteiger partial charge in [0.05, 0.1) is 11.4 Å². The second-order valence-corrected chi connectivity index (χ2v) is 4.58. The summed E-state index contributed by atoms with van der Waals surface area (Å²) in [5.74, 6) is -0.231. The van der Waals surface area contributed by atoms with Crippen LogP contribution < -0.4 is 10.2 Å². The minimum Gasteiger partial charge on any atom is -0.431 e. The molecule has 4 nitrogen and oxygen atoms in total. The molecule has 2 heterocycles. The summed E-state index contributed by atoms with van der Waals surface area (Å²) in [4.78, 5) is 6.36. The van der Waals surface area contributed by atoms with Gasteiger partial charge in [-0.2, -0.15) is 4.98 Å². The summed E-state index contributed by atoms with van der Waals surface area (Å²) in [6, 6.07) is 5.40. The van der Waals surface area contributed by atoms with Gasteiger partial charge in [0.2, 0.25) is 0 Å². The molecule has 100 valence electrons. The van der Waals surface area contributed by atoms with Gasteiger partial charge in [0.15, 0.2) is 0 Å². The van der Waals surface area contributed by atoms with Crippen molar-refractivity contribution in [2.45, 2.75) is 19.9 Å². The van der Waals surface area contributed by atoms with Crippen molar-refractivity contribution in [3.8, 4) is 0 Å². The van der Waals surface area contributed by atoms with Crippen LogP contribution in [-0.2, 0) is 13.0 Å². The average Bonchev–Trinajstić information content (AvgIpc) is 3.01. The highest BCUT2D eigenvalue weighted by molar-refractivity contribution is 5.65. The van der Waals surface area contributed by atoms with Crippen molar-refractivity contribution in [3.63, 3.8) is 0 Å². The molecule has 0 aliphatic carbocycles. The van der Waals surface area contributed by atoms with Crippen LogP contribution in [0.3, 0.4) is 0 Å². The molecule has 1 aliphatic heterocycles. The molecular formula is C14H16FN3O. The number of fused-ring (bicyclic) bond motifs is 1. The molecule has 0 radical (unpaired) electrons. The summed E-state index contributed by atoms with van der Waals surface area (Å²) in [6.45, 7) is 4.39. The molecule has 0 bridgehead atoms. The van der Waals surface area contributed by atoms with Gasteiger partial charge in [-0.05, 0) is 30.7 Å². The quantitative estimate of drug-likeness (QED) is 0.918. The molecule has 0 fully saturated rings. The van der Waals surface area contributed by atoms with E-state index in [0.29, 0.717) is 12.6 Å². The Bertz CT molecular complexity index is 582. The molecule has 0 amide bonds. The highest BCUT2D eigenvalue weighted by Crippen LogP contribution is 2.34. The second kappa shape index (κ2) is 5.01. The number of hydrogen-bond acceptors (Lipinski definition) is 4. The Labute approximate surface area is 111 Å². The molecule has 0 saturated heterocycles. The third-order valence-corrected chi connectivity index (χ3v) is 3.27. The Morgan fingerprint density at radius 2 is 2.37 bits per heavy atom. The molecule has 0 unspecified atom stereocenters. The van der Waals surface area contributed by atoms with Gasteiger partial charge in [0.25, 0.3) is 0 Å². The van der Waals surface area contributed by atoms with Gasteiger partial charge in [-0.15, -0.1) is 0 Å². The third kappa shape index (κ3) is 2.33. The number of nitrogens with zero attached hydrogens (tertiary/aromatic N) is 2. The van der Waals surface area contributed by atoms with Crippen molar-refractivity contribution >= 4 is 11.7 Å². The van der Waals surface area contributed by atoms with Gasteiger partial charge < -0.3 is 9.73 Å². The standard InChI is InChI=1S/C14H16FN3O/c1-2-16-8-12-9-19-14(17-12)18-6-5-10-3-4-11(15)7-13(10)18/h3-4,7,9,16H,2,5-6,8H2,1H3. The lowest BCUT2D eigenvalue weighted by Gasteiger charge is -2.14. The second-order valence-electron chi connectivity index (χ2n) is 4.58. The maximum Gasteiger partial charge on any atom is 0.302 e. The molecule has 5 heteroatoms. The van der Waals surface area contributed by atoms with Crippen molar-refractivity contribution < 1.29 is 8.81 Å². The van der Waals surface area contributed by atoms with Crippen molar-refractivity contribution in [2.24, 2.45) is 0 Å². The van der Waals surface area contributed by atoms with E-state index in [1.807, 2.05) is 17.9 Å². The molecule has 19 heavy (non-hydrogen) atoms. The van der Waals surface area contributed by atoms with Crippen LogP contribution in [0, 0.1) is 5.82 Å². The van der Waals surface area contributed by atoms with Crippen LogP contribution >= 0.6 is 0 Å². The Morgan fingerprint density at radius 1 is 1.47 bits per heavy atom. The monoisotopic (exact) mass is 261 g/mol. The third-order valence-electron chi connectivity index (χ3n) is 3.27. The Morgan fingerprint density at radius 3 is 3.21 bits per heavy atom. The molecule has 2 aromatic rings. The fourth-order valence-corrected chi connectivity index (χ4v) is 2.31. The SMILES string of the molecule is CCNCc1coc(N2CCc3ccc(F)cc32)n1. The summed E-state index contributed by atoms with van der Waals surface area (Å²) in [5, 5.41) is 3.20. The van der Waals surface area contributed by atoms with E-state index in [0.717, 1.165) is 36.5 Å². The Kier molecular flexibility index (Phi) is 3.21. The molecule has 1 aromatic carbocycles. The summed E-state index contributed by atoms with van der Waals surface area (Å²) >= 11 is 0. The fraction of sp³-hybridized carbons (Fsp3) is 0.357. The van der Waals surface area contributed by atoms with E-state index in [1.165, 1.54) is 12.1 Å². The van der Waals surface area contributed by atoms with Gasteiger partial charge in [0, 0.05) is 13.1 Å². The van der Waals surface area contributed by atoms with Crippen LogP contribution in [0.15, 0.2) is 28.9 Å². The van der Waals surface area contributed by atoms with Crippen molar-refractivity contribution in [1.29, 1.82) is 0 Å². The molecule has 0 atom stereocenters. The van der Waals surface area contributed by atoms with Crippen LogP contribution in [-0.4, -0.2) is 18.1 Å². The van der Waals surface area contributed by atoms with Gasteiger partial charge in [0.1, 0.15) is 12.1 Å². The minimum absolute atomic E-state index is 0.231. The first-order valence-electron chi connectivity index (χ1n) is 6.49. The molecule has 1 aromatic heterocycles. The summed E-state index contributed by atoms with van der Waals surface area (Å²) in [7, 11) is 0. The number of hydrogen-bond donors (Lipinski definition) is 1. The number of nitrogens with one attached hydrogen (secondary N) is 1. The lowest BCUT2D eigenvalue weighted by Crippen LogP contribution is -2.15. The van der Waals surface area contributed by atoms with Crippen LogP contribution in [0.2, 0.25) is 0 Å². The van der Waals surface area contributed by atoms with Crippen LogP contribution in [0.5, 0.6) is 0 Å². The van der Waals surface area contributed by atoms with E-state index in [9.17, 15) is 4.39 Å². The van der Waals surface area contributed by atoms with Crippen LogP contribution in [0.1, 0.15) is 18.2 Å².